The van der Waals surface area contributed by atoms with Crippen molar-refractivity contribution in [3.63, 3.8) is 0 Å². The highest BCUT2D eigenvalue weighted by Gasteiger charge is 2.04. The zero-order valence-electron chi connectivity index (χ0n) is 7.83. The van der Waals surface area contributed by atoms with Crippen LogP contribution in [0.15, 0.2) is 18.2 Å². The minimum Gasteiger partial charge on any atom is -0.496 e. The fourth-order valence-electron chi connectivity index (χ4n) is 1.16. The van der Waals surface area contributed by atoms with Crippen LogP contribution < -0.4 is 10.5 Å². The Morgan fingerprint density at radius 3 is 2.69 bits per heavy atom. The number of hydrogen-bond donors (Lipinski definition) is 1. The number of Topliss-reactive ketones (excluding diaryl/α,β-unsaturated/α-hetero) is 1. The smallest absolute Gasteiger partial charge is 0.159 e. The molecule has 0 heterocycles. The molecule has 0 bridgehead atoms. The van der Waals surface area contributed by atoms with Crippen LogP contribution in [-0.2, 0) is 6.54 Å². The molecule has 0 aromatic heterocycles. The van der Waals surface area contributed by atoms with E-state index in [-0.39, 0.29) is 5.78 Å². The molecule has 0 aliphatic rings. The van der Waals surface area contributed by atoms with E-state index in [1.165, 1.54) is 6.92 Å². The molecule has 0 aliphatic carbocycles. The van der Waals surface area contributed by atoms with Gasteiger partial charge in [0.25, 0.3) is 0 Å². The Kier molecular flexibility index (Phi) is 3.03. The number of ketones is 1. The van der Waals surface area contributed by atoms with Crippen LogP contribution in [0.5, 0.6) is 5.75 Å². The first kappa shape index (κ1) is 9.74. The Balaban J connectivity index is 3.13. The summed E-state index contributed by atoms with van der Waals surface area (Å²) >= 11 is 0. The number of carbonyl (C=O) groups excluding carboxylic acids is 1. The standard InChI is InChI=1S/C10H13NO2/c1-7(12)8-3-4-10(13-2)9(5-8)6-11/h3-5H,6,11H2,1-2H3. The van der Waals surface area contributed by atoms with E-state index in [1.807, 2.05) is 0 Å². The number of nitrogens with two attached hydrogens (primary N) is 1. The minimum absolute atomic E-state index is 0.0392. The van der Waals surface area contributed by atoms with Crippen molar-refractivity contribution in [2.24, 2.45) is 5.73 Å². The molecule has 13 heavy (non-hydrogen) atoms. The molecular weight excluding hydrogens is 166 g/mol. The number of methoxy groups -OCH3 is 1. The second-order valence-electron chi connectivity index (χ2n) is 2.79. The molecular formula is C10H13NO2. The summed E-state index contributed by atoms with van der Waals surface area (Å²) in [6.45, 7) is 1.91. The molecule has 0 aliphatic heterocycles. The average molecular weight is 179 g/mol. The van der Waals surface area contributed by atoms with Crippen LogP contribution in [0.2, 0.25) is 0 Å². The van der Waals surface area contributed by atoms with Crippen molar-refractivity contribution in [3.8, 4) is 5.75 Å². The Morgan fingerprint density at radius 2 is 2.23 bits per heavy atom. The van der Waals surface area contributed by atoms with Gasteiger partial charge in [-0.25, -0.2) is 0 Å². The normalized spacial score (nSPS) is 9.77. The predicted octanol–water partition coefficient (Wildman–Crippen LogP) is 1.36. The number of ether oxygens (including phenoxy) is 1. The second-order valence-corrected chi connectivity index (χ2v) is 2.79. The molecule has 0 radical (unpaired) electrons. The van der Waals surface area contributed by atoms with Gasteiger partial charge in [0.15, 0.2) is 5.78 Å². The maximum Gasteiger partial charge on any atom is 0.159 e. The van der Waals surface area contributed by atoms with Crippen LogP contribution in [0.4, 0.5) is 0 Å². The summed E-state index contributed by atoms with van der Waals surface area (Å²) < 4.78 is 5.08. The van der Waals surface area contributed by atoms with Gasteiger partial charge in [0.05, 0.1) is 7.11 Å². The lowest BCUT2D eigenvalue weighted by molar-refractivity contribution is 0.101. The summed E-state index contributed by atoms with van der Waals surface area (Å²) in [6, 6.07) is 5.26. The monoisotopic (exact) mass is 179 g/mol. The fourth-order valence-corrected chi connectivity index (χ4v) is 1.16. The summed E-state index contributed by atoms with van der Waals surface area (Å²) in [5.74, 6) is 0.768. The third kappa shape index (κ3) is 2.06. The third-order valence-electron chi connectivity index (χ3n) is 1.91. The average Bonchev–Trinajstić information content (AvgIpc) is 2.16. The summed E-state index contributed by atoms with van der Waals surface area (Å²) in [5, 5.41) is 0. The van der Waals surface area contributed by atoms with Gasteiger partial charge in [-0.15, -0.1) is 0 Å². The van der Waals surface area contributed by atoms with Crippen LogP contribution in [0.1, 0.15) is 22.8 Å². The molecule has 70 valence electrons. The molecule has 0 saturated heterocycles. The zero-order chi connectivity index (χ0) is 9.84. The highest BCUT2D eigenvalue weighted by atomic mass is 16.5. The van der Waals surface area contributed by atoms with E-state index in [2.05, 4.69) is 0 Å². The van der Waals surface area contributed by atoms with Crippen LogP contribution in [0.3, 0.4) is 0 Å². The van der Waals surface area contributed by atoms with E-state index >= 15 is 0 Å². The number of benzene rings is 1. The molecule has 0 spiro atoms. The lowest BCUT2D eigenvalue weighted by Gasteiger charge is -2.07. The van der Waals surface area contributed by atoms with Gasteiger partial charge >= 0.3 is 0 Å². The van der Waals surface area contributed by atoms with Crippen molar-refractivity contribution in [1.29, 1.82) is 0 Å². The lowest BCUT2D eigenvalue weighted by Crippen LogP contribution is -2.02. The van der Waals surface area contributed by atoms with E-state index in [9.17, 15) is 4.79 Å². The molecule has 1 aromatic rings. The van der Waals surface area contributed by atoms with Crippen molar-refractivity contribution >= 4 is 5.78 Å². The van der Waals surface area contributed by atoms with Crippen molar-refractivity contribution in [3.05, 3.63) is 29.3 Å². The topological polar surface area (TPSA) is 52.3 Å². The van der Waals surface area contributed by atoms with Gasteiger partial charge in [-0.1, -0.05) is 0 Å². The lowest BCUT2D eigenvalue weighted by atomic mass is 10.1. The molecule has 0 fully saturated rings. The van der Waals surface area contributed by atoms with Gasteiger partial charge < -0.3 is 10.5 Å². The molecule has 3 heteroatoms. The van der Waals surface area contributed by atoms with Crippen LogP contribution in [0, 0.1) is 0 Å². The molecule has 0 atom stereocenters. The number of carbonyl (C=O) groups is 1. The highest BCUT2D eigenvalue weighted by Crippen LogP contribution is 2.19. The van der Waals surface area contributed by atoms with Gasteiger partial charge in [-0.2, -0.15) is 0 Å². The van der Waals surface area contributed by atoms with E-state index in [0.717, 1.165) is 11.3 Å². The molecule has 1 aromatic carbocycles. The fraction of sp³-hybridized carbons (Fsp3) is 0.300. The van der Waals surface area contributed by atoms with Crippen LogP contribution >= 0.6 is 0 Å². The Morgan fingerprint density at radius 1 is 1.54 bits per heavy atom. The zero-order valence-corrected chi connectivity index (χ0v) is 7.83. The third-order valence-corrected chi connectivity index (χ3v) is 1.91. The first-order valence-corrected chi connectivity index (χ1v) is 4.07. The minimum atomic E-state index is 0.0392. The maximum atomic E-state index is 11.0. The molecule has 0 amide bonds. The van der Waals surface area contributed by atoms with Crippen LogP contribution in [-0.4, -0.2) is 12.9 Å². The van der Waals surface area contributed by atoms with E-state index in [4.69, 9.17) is 10.5 Å². The summed E-state index contributed by atoms with van der Waals surface area (Å²) in [5.41, 5.74) is 7.03. The van der Waals surface area contributed by atoms with E-state index < -0.39 is 0 Å². The highest BCUT2D eigenvalue weighted by molar-refractivity contribution is 5.94. The quantitative estimate of drug-likeness (QED) is 0.713. The Labute approximate surface area is 77.5 Å². The molecule has 2 N–H and O–H groups in total. The van der Waals surface area contributed by atoms with Gasteiger partial charge in [0.2, 0.25) is 0 Å². The molecule has 3 nitrogen and oxygen atoms in total. The second kappa shape index (κ2) is 4.05. The van der Waals surface area contributed by atoms with Crippen LogP contribution in [0.25, 0.3) is 0 Å². The van der Waals surface area contributed by atoms with Crippen molar-refractivity contribution in [2.75, 3.05) is 7.11 Å². The summed E-state index contributed by atoms with van der Waals surface area (Å²) in [6.07, 6.45) is 0. The molecule has 1 rings (SSSR count). The van der Waals surface area contributed by atoms with Gasteiger partial charge in [0.1, 0.15) is 5.75 Å². The largest absolute Gasteiger partial charge is 0.496 e. The maximum absolute atomic E-state index is 11.0. The summed E-state index contributed by atoms with van der Waals surface area (Å²) in [4.78, 5) is 11.0. The number of hydrogen-bond acceptors (Lipinski definition) is 3. The number of rotatable bonds is 3. The SMILES string of the molecule is COc1ccc(C(C)=O)cc1CN. The van der Waals surface area contributed by atoms with Crippen molar-refractivity contribution in [2.45, 2.75) is 13.5 Å². The Bertz CT molecular complexity index is 321. The summed E-state index contributed by atoms with van der Waals surface area (Å²) in [7, 11) is 1.59. The first-order valence-electron chi connectivity index (χ1n) is 4.07. The van der Waals surface area contributed by atoms with Crippen molar-refractivity contribution < 1.29 is 9.53 Å². The van der Waals surface area contributed by atoms with Gasteiger partial charge in [-0.3, -0.25) is 4.79 Å². The Hall–Kier alpha value is -1.35. The first-order chi connectivity index (χ1) is 6.19. The predicted molar refractivity (Wildman–Crippen MR) is 50.9 cm³/mol. The molecule has 0 unspecified atom stereocenters. The van der Waals surface area contributed by atoms with Gasteiger partial charge in [-0.05, 0) is 25.1 Å². The van der Waals surface area contributed by atoms with Crippen molar-refractivity contribution in [1.82, 2.24) is 0 Å². The van der Waals surface area contributed by atoms with Gasteiger partial charge in [0, 0.05) is 17.7 Å². The molecule has 0 saturated carbocycles. The van der Waals surface area contributed by atoms with E-state index in [0.29, 0.717) is 12.1 Å². The van der Waals surface area contributed by atoms with E-state index in [1.54, 1.807) is 25.3 Å².